The fourth-order valence-electron chi connectivity index (χ4n) is 5.33. The number of benzene rings is 2. The molecule has 0 bridgehead atoms. The van der Waals surface area contributed by atoms with Gasteiger partial charge in [-0.2, -0.15) is 13.2 Å². The van der Waals surface area contributed by atoms with Crippen LogP contribution in [-0.2, 0) is 16.6 Å². The molecule has 2 unspecified atom stereocenters. The predicted octanol–water partition coefficient (Wildman–Crippen LogP) is 6.82. The highest BCUT2D eigenvalue weighted by molar-refractivity contribution is 5.87. The Labute approximate surface area is 212 Å². The second-order valence-corrected chi connectivity index (χ2v) is 9.56. The van der Waals surface area contributed by atoms with Crippen LogP contribution in [0, 0.1) is 11.8 Å². The van der Waals surface area contributed by atoms with Gasteiger partial charge in [0.15, 0.2) is 5.60 Å². The van der Waals surface area contributed by atoms with E-state index in [0.717, 1.165) is 57.1 Å². The molecule has 2 aromatic carbocycles. The lowest BCUT2D eigenvalue weighted by Gasteiger charge is -2.43. The normalized spacial score (nSPS) is 20.6. The molecule has 4 nitrogen and oxygen atoms in total. The molecular weight excluding hydrogens is 467 g/mol. The van der Waals surface area contributed by atoms with Crippen LogP contribution in [0.3, 0.4) is 0 Å². The lowest BCUT2D eigenvalue weighted by Crippen LogP contribution is -2.54. The average molecular weight is 506 g/mol. The zero-order valence-electron chi connectivity index (χ0n) is 21.3. The smallest absolute Gasteiger partial charge is 0.416 e. The van der Waals surface area contributed by atoms with E-state index < -0.39 is 17.3 Å². The number of halogens is 3. The molecule has 2 atom stereocenters. The number of carbonyl (C=O) groups excluding carboxylic acids is 1. The van der Waals surface area contributed by atoms with Gasteiger partial charge in [-0.05, 0) is 55.5 Å². The molecule has 198 valence electrons. The Morgan fingerprint density at radius 2 is 1.56 bits per heavy atom. The van der Waals surface area contributed by atoms with Crippen LogP contribution in [0.25, 0.3) is 0 Å². The number of hydrogen-bond donors (Lipinski definition) is 1. The van der Waals surface area contributed by atoms with Gasteiger partial charge in [-0.25, -0.2) is 0 Å². The maximum absolute atomic E-state index is 13.8. The molecule has 2 aromatic rings. The van der Waals surface area contributed by atoms with Gasteiger partial charge in [0.05, 0.1) is 12.2 Å². The van der Waals surface area contributed by atoms with Crippen LogP contribution < -0.4 is 4.74 Å². The molecule has 36 heavy (non-hydrogen) atoms. The summed E-state index contributed by atoms with van der Waals surface area (Å²) in [5.74, 6) is 0.0653. The van der Waals surface area contributed by atoms with Crippen LogP contribution in [0.4, 0.5) is 13.2 Å². The molecule has 1 heterocycles. The van der Waals surface area contributed by atoms with Gasteiger partial charge in [-0.15, -0.1) is 0 Å². The molecule has 0 spiro atoms. The number of ether oxygens (including phenoxy) is 1. The molecule has 1 aliphatic heterocycles. The number of carbonyl (C=O) groups is 1. The van der Waals surface area contributed by atoms with Gasteiger partial charge in [-0.1, -0.05) is 63.4 Å². The number of alkyl halides is 3. The van der Waals surface area contributed by atoms with Crippen LogP contribution in [0.2, 0.25) is 0 Å². The summed E-state index contributed by atoms with van der Waals surface area (Å²) in [7, 11) is 0. The van der Waals surface area contributed by atoms with Crippen molar-refractivity contribution in [2.45, 2.75) is 70.6 Å². The van der Waals surface area contributed by atoms with E-state index in [1.807, 2.05) is 44.2 Å². The third kappa shape index (κ3) is 6.61. The second-order valence-electron chi connectivity index (χ2n) is 9.56. The molecular formula is C29H38F3NO3. The Kier molecular flexibility index (Phi) is 9.83. The first-order valence-corrected chi connectivity index (χ1v) is 13.2. The van der Waals surface area contributed by atoms with Crippen LogP contribution in [0.15, 0.2) is 54.6 Å². The lowest BCUT2D eigenvalue weighted by atomic mass is 9.72. The number of aliphatic hydroxyl groups is 1. The lowest BCUT2D eigenvalue weighted by molar-refractivity contribution is -0.163. The summed E-state index contributed by atoms with van der Waals surface area (Å²) < 4.78 is 44.1. The van der Waals surface area contributed by atoms with Crippen molar-refractivity contribution in [2.24, 2.45) is 11.8 Å². The van der Waals surface area contributed by atoms with Crippen molar-refractivity contribution >= 4 is 5.91 Å². The molecule has 0 radical (unpaired) electrons. The minimum Gasteiger partial charge on any atom is -0.493 e. The molecule has 1 saturated carbocycles. The van der Waals surface area contributed by atoms with Gasteiger partial charge < -0.3 is 14.7 Å². The average Bonchev–Trinajstić information content (AvgIpc) is 2.93. The third-order valence-corrected chi connectivity index (χ3v) is 7.21. The van der Waals surface area contributed by atoms with Crippen LogP contribution in [0.1, 0.15) is 69.9 Å². The number of piperidine rings is 1. The minimum atomic E-state index is -4.38. The maximum atomic E-state index is 13.8. The summed E-state index contributed by atoms with van der Waals surface area (Å²) in [5, 5.41) is 11.9. The Balaban J connectivity index is 0.00000176. The highest BCUT2D eigenvalue weighted by Gasteiger charge is 2.48. The highest BCUT2D eigenvalue weighted by Crippen LogP contribution is 2.41. The quantitative estimate of drug-likeness (QED) is 0.469. The van der Waals surface area contributed by atoms with Crippen molar-refractivity contribution in [3.05, 3.63) is 65.7 Å². The molecule has 1 aliphatic carbocycles. The predicted molar refractivity (Wildman–Crippen MR) is 135 cm³/mol. The number of likely N-dealkylation sites (tertiary alicyclic amines) is 1. The molecule has 1 N–H and O–H groups in total. The maximum Gasteiger partial charge on any atom is 0.416 e. The van der Waals surface area contributed by atoms with Crippen molar-refractivity contribution in [3.63, 3.8) is 0 Å². The van der Waals surface area contributed by atoms with Gasteiger partial charge in [-0.3, -0.25) is 4.79 Å². The summed E-state index contributed by atoms with van der Waals surface area (Å²) in [5.41, 5.74) is -1.61. The van der Waals surface area contributed by atoms with Crippen molar-refractivity contribution in [3.8, 4) is 5.75 Å². The summed E-state index contributed by atoms with van der Waals surface area (Å²) in [6, 6.07) is 13.9. The van der Waals surface area contributed by atoms with Gasteiger partial charge in [0.1, 0.15) is 5.75 Å². The van der Waals surface area contributed by atoms with E-state index >= 15 is 0 Å². The molecule has 1 amide bonds. The third-order valence-electron chi connectivity index (χ3n) is 7.21. The largest absolute Gasteiger partial charge is 0.493 e. The van der Waals surface area contributed by atoms with Gasteiger partial charge >= 0.3 is 6.18 Å². The molecule has 0 aromatic heterocycles. The summed E-state index contributed by atoms with van der Waals surface area (Å²) in [6.07, 6.45) is 2.07. The van der Waals surface area contributed by atoms with Crippen LogP contribution in [0.5, 0.6) is 5.75 Å². The molecule has 2 fully saturated rings. The number of rotatable bonds is 6. The van der Waals surface area contributed by atoms with E-state index in [-0.39, 0.29) is 17.7 Å². The number of amides is 1. The second kappa shape index (κ2) is 12.6. The Bertz CT molecular complexity index is 942. The first kappa shape index (κ1) is 28.0. The zero-order chi connectivity index (χ0) is 26.2. The fraction of sp³-hybridized carbons (Fsp3) is 0.552. The van der Waals surface area contributed by atoms with Gasteiger partial charge in [0, 0.05) is 24.9 Å². The molecule has 7 heteroatoms. The Morgan fingerprint density at radius 3 is 2.17 bits per heavy atom. The van der Waals surface area contributed by atoms with E-state index in [4.69, 9.17) is 4.74 Å². The zero-order valence-corrected chi connectivity index (χ0v) is 21.3. The fourth-order valence-corrected chi connectivity index (χ4v) is 5.33. The van der Waals surface area contributed by atoms with Crippen molar-refractivity contribution < 1.29 is 27.8 Å². The van der Waals surface area contributed by atoms with Crippen molar-refractivity contribution in [1.29, 1.82) is 0 Å². The van der Waals surface area contributed by atoms with Gasteiger partial charge in [0.25, 0.3) is 5.91 Å². The molecule has 4 rings (SSSR count). The first-order valence-electron chi connectivity index (χ1n) is 13.2. The van der Waals surface area contributed by atoms with E-state index in [9.17, 15) is 23.1 Å². The van der Waals surface area contributed by atoms with E-state index in [2.05, 4.69) is 0 Å². The topological polar surface area (TPSA) is 49.8 Å². The van der Waals surface area contributed by atoms with E-state index in [0.29, 0.717) is 31.0 Å². The van der Waals surface area contributed by atoms with Crippen LogP contribution in [-0.4, -0.2) is 35.6 Å². The standard InChI is InChI=1S/C27H32F3NO3.C2H6/c28-27(29,30)23-13-15-24(16-14-23)34-19-20-8-7-17-31(18-20)25(32)26(33,21-9-3-1-4-10-21)22-11-5-2-6-12-22;1-2/h1,3-4,9-10,13-16,20,22,33H,2,5-8,11-12,17-19H2;1-2H3. The summed E-state index contributed by atoms with van der Waals surface area (Å²) >= 11 is 0. The monoisotopic (exact) mass is 505 g/mol. The number of nitrogens with zero attached hydrogens (tertiary/aromatic N) is 1. The number of hydrogen-bond acceptors (Lipinski definition) is 3. The molecule has 1 saturated heterocycles. The van der Waals surface area contributed by atoms with Gasteiger partial charge in [0.2, 0.25) is 0 Å². The minimum absolute atomic E-state index is 0.0476. The van der Waals surface area contributed by atoms with Crippen molar-refractivity contribution in [1.82, 2.24) is 4.90 Å². The summed E-state index contributed by atoms with van der Waals surface area (Å²) in [6.45, 7) is 5.35. The highest BCUT2D eigenvalue weighted by atomic mass is 19.4. The SMILES string of the molecule is CC.O=C(N1CCCC(COc2ccc(C(F)(F)F)cc2)C1)C(O)(c1ccccc1)C1CCCCC1. The van der Waals surface area contributed by atoms with E-state index in [1.54, 1.807) is 4.90 Å². The molecule has 2 aliphatic rings. The Hall–Kier alpha value is -2.54. The summed E-state index contributed by atoms with van der Waals surface area (Å²) in [4.78, 5) is 15.6. The van der Waals surface area contributed by atoms with E-state index in [1.165, 1.54) is 12.1 Å². The van der Waals surface area contributed by atoms with Crippen LogP contribution >= 0.6 is 0 Å². The Morgan fingerprint density at radius 1 is 0.917 bits per heavy atom. The van der Waals surface area contributed by atoms with Crippen molar-refractivity contribution in [2.75, 3.05) is 19.7 Å². The first-order chi connectivity index (χ1) is 17.3.